The lowest BCUT2D eigenvalue weighted by molar-refractivity contribution is 0.0385. The van der Waals surface area contributed by atoms with Crippen LogP contribution in [0.3, 0.4) is 0 Å². The Bertz CT molecular complexity index is 545. The molecule has 6 nitrogen and oxygen atoms in total. The zero-order valence-corrected chi connectivity index (χ0v) is 10.8. The van der Waals surface area contributed by atoms with Gasteiger partial charge in [-0.25, -0.2) is 0 Å². The molecule has 1 aliphatic rings. The average molecular weight is 263 g/mol. The number of rotatable bonds is 6. The van der Waals surface area contributed by atoms with Crippen LogP contribution in [0.2, 0.25) is 0 Å². The monoisotopic (exact) mass is 263 g/mol. The molecule has 0 aliphatic heterocycles. The quantitative estimate of drug-likeness (QED) is 0.860. The maximum absolute atomic E-state index is 5.69. The summed E-state index contributed by atoms with van der Waals surface area (Å²) in [7, 11) is 0. The fourth-order valence-electron chi connectivity index (χ4n) is 2.05. The minimum atomic E-state index is -0.0635. The van der Waals surface area contributed by atoms with Crippen molar-refractivity contribution in [3.05, 3.63) is 23.7 Å². The van der Waals surface area contributed by atoms with Crippen molar-refractivity contribution < 1.29 is 13.7 Å². The number of nitrogens with zero attached hydrogens (tertiary/aromatic N) is 2. The molecule has 19 heavy (non-hydrogen) atoms. The van der Waals surface area contributed by atoms with E-state index in [0.717, 1.165) is 12.8 Å². The van der Waals surface area contributed by atoms with Crippen molar-refractivity contribution in [2.45, 2.75) is 32.4 Å². The molecule has 0 amide bonds. The molecule has 1 atom stereocenters. The van der Waals surface area contributed by atoms with Gasteiger partial charge in [-0.15, -0.1) is 0 Å². The van der Waals surface area contributed by atoms with Gasteiger partial charge in [-0.3, -0.25) is 0 Å². The highest BCUT2D eigenvalue weighted by Crippen LogP contribution is 2.42. The fraction of sp³-hybridized carbons (Fsp3) is 0.538. The van der Waals surface area contributed by atoms with Gasteiger partial charge in [-0.2, -0.15) is 4.98 Å². The Morgan fingerprint density at radius 3 is 2.95 bits per heavy atom. The van der Waals surface area contributed by atoms with Crippen molar-refractivity contribution in [2.75, 3.05) is 6.61 Å². The molecule has 0 aromatic carbocycles. The maximum atomic E-state index is 5.69. The van der Waals surface area contributed by atoms with Crippen molar-refractivity contribution in [1.82, 2.24) is 10.1 Å². The Kier molecular flexibility index (Phi) is 3.35. The van der Waals surface area contributed by atoms with E-state index in [1.165, 1.54) is 0 Å². The van der Waals surface area contributed by atoms with E-state index >= 15 is 0 Å². The lowest BCUT2D eigenvalue weighted by atomic mass is 10.2. The molecule has 6 heteroatoms. The van der Waals surface area contributed by atoms with Crippen LogP contribution in [0.25, 0.3) is 11.7 Å². The minimum absolute atomic E-state index is 0.0635. The third-order valence-electron chi connectivity index (χ3n) is 3.17. The Labute approximate surface area is 110 Å². The number of aromatic nitrogens is 2. The molecular weight excluding hydrogens is 246 g/mol. The second-order valence-corrected chi connectivity index (χ2v) is 4.64. The molecule has 0 bridgehead atoms. The molecule has 2 aromatic rings. The standard InChI is InChI=1S/C13H17N3O3/c1-2-17-11(8-3-4-8)12-15-13(19-16-12)10-6-5-9(7-14)18-10/h5-6,8,11H,2-4,7,14H2,1H3. The van der Waals surface area contributed by atoms with Crippen LogP contribution in [0, 0.1) is 5.92 Å². The maximum Gasteiger partial charge on any atom is 0.293 e. The van der Waals surface area contributed by atoms with E-state index in [2.05, 4.69) is 10.1 Å². The van der Waals surface area contributed by atoms with Gasteiger partial charge in [0.25, 0.3) is 5.89 Å². The van der Waals surface area contributed by atoms with Gasteiger partial charge in [0.1, 0.15) is 11.9 Å². The zero-order chi connectivity index (χ0) is 13.2. The van der Waals surface area contributed by atoms with Gasteiger partial charge < -0.3 is 19.4 Å². The summed E-state index contributed by atoms with van der Waals surface area (Å²) in [6, 6.07) is 3.59. The third kappa shape index (κ3) is 2.54. The highest BCUT2D eigenvalue weighted by atomic mass is 16.5. The van der Waals surface area contributed by atoms with Crippen LogP contribution in [-0.2, 0) is 11.3 Å². The summed E-state index contributed by atoms with van der Waals surface area (Å²) >= 11 is 0. The Balaban J connectivity index is 1.81. The first-order valence-corrected chi connectivity index (χ1v) is 6.56. The number of furan rings is 1. The predicted octanol–water partition coefficient (Wildman–Crippen LogP) is 2.28. The van der Waals surface area contributed by atoms with Crippen LogP contribution in [0.5, 0.6) is 0 Å². The number of hydrogen-bond acceptors (Lipinski definition) is 6. The molecule has 0 saturated heterocycles. The normalized spacial score (nSPS) is 16.7. The number of hydrogen-bond donors (Lipinski definition) is 1. The zero-order valence-electron chi connectivity index (χ0n) is 10.8. The molecule has 1 aliphatic carbocycles. The molecule has 1 saturated carbocycles. The minimum Gasteiger partial charge on any atom is -0.455 e. The van der Waals surface area contributed by atoms with Crippen LogP contribution in [0.15, 0.2) is 21.1 Å². The first-order valence-electron chi connectivity index (χ1n) is 6.56. The summed E-state index contributed by atoms with van der Waals surface area (Å²) in [5, 5.41) is 4.01. The van der Waals surface area contributed by atoms with Gasteiger partial charge in [0.2, 0.25) is 5.82 Å². The summed E-state index contributed by atoms with van der Waals surface area (Å²) in [5.41, 5.74) is 5.50. The van der Waals surface area contributed by atoms with Gasteiger partial charge in [0.05, 0.1) is 6.54 Å². The fourth-order valence-corrected chi connectivity index (χ4v) is 2.05. The smallest absolute Gasteiger partial charge is 0.293 e. The SMILES string of the molecule is CCOC(c1noc(-c2ccc(CN)o2)n1)C1CC1. The lowest BCUT2D eigenvalue weighted by Crippen LogP contribution is -2.08. The average Bonchev–Trinajstić information content (AvgIpc) is 2.96. The predicted molar refractivity (Wildman–Crippen MR) is 67.0 cm³/mol. The first-order chi connectivity index (χ1) is 9.31. The van der Waals surface area contributed by atoms with Crippen LogP contribution in [0.4, 0.5) is 0 Å². The Morgan fingerprint density at radius 1 is 1.47 bits per heavy atom. The molecule has 102 valence electrons. The Morgan fingerprint density at radius 2 is 2.32 bits per heavy atom. The van der Waals surface area contributed by atoms with Gasteiger partial charge in [-0.1, -0.05) is 5.16 Å². The van der Waals surface area contributed by atoms with Crippen molar-refractivity contribution in [1.29, 1.82) is 0 Å². The van der Waals surface area contributed by atoms with Crippen LogP contribution in [-0.4, -0.2) is 16.7 Å². The third-order valence-corrected chi connectivity index (χ3v) is 3.17. The van der Waals surface area contributed by atoms with Gasteiger partial charge in [0, 0.05) is 6.61 Å². The first kappa shape index (κ1) is 12.4. The summed E-state index contributed by atoms with van der Waals surface area (Å²) < 4.78 is 16.4. The van der Waals surface area contributed by atoms with Crippen LogP contribution >= 0.6 is 0 Å². The molecular formula is C13H17N3O3. The Hall–Kier alpha value is -1.66. The van der Waals surface area contributed by atoms with Crippen LogP contribution in [0.1, 0.15) is 37.5 Å². The van der Waals surface area contributed by atoms with E-state index in [1.807, 2.05) is 6.92 Å². The summed E-state index contributed by atoms with van der Waals surface area (Å²) in [5.74, 6) is 2.73. The number of ether oxygens (including phenoxy) is 1. The van der Waals surface area contributed by atoms with Gasteiger partial charge >= 0.3 is 0 Å². The summed E-state index contributed by atoms with van der Waals surface area (Å²) in [6.07, 6.45) is 2.26. The summed E-state index contributed by atoms with van der Waals surface area (Å²) in [4.78, 5) is 4.37. The molecule has 0 spiro atoms. The molecule has 2 heterocycles. The molecule has 1 fully saturated rings. The second kappa shape index (κ2) is 5.14. The molecule has 2 aromatic heterocycles. The van der Waals surface area contributed by atoms with E-state index in [1.54, 1.807) is 12.1 Å². The number of nitrogens with two attached hydrogens (primary N) is 1. The van der Waals surface area contributed by atoms with Crippen molar-refractivity contribution >= 4 is 0 Å². The van der Waals surface area contributed by atoms with Gasteiger partial charge in [-0.05, 0) is 37.8 Å². The summed E-state index contributed by atoms with van der Waals surface area (Å²) in [6.45, 7) is 2.96. The van der Waals surface area contributed by atoms with E-state index in [0.29, 0.717) is 42.3 Å². The molecule has 0 radical (unpaired) electrons. The topological polar surface area (TPSA) is 87.3 Å². The molecule has 2 N–H and O–H groups in total. The van der Waals surface area contributed by atoms with Crippen molar-refractivity contribution in [2.24, 2.45) is 11.7 Å². The van der Waals surface area contributed by atoms with Crippen molar-refractivity contribution in [3.63, 3.8) is 0 Å². The highest BCUT2D eigenvalue weighted by Gasteiger charge is 2.36. The van der Waals surface area contributed by atoms with Crippen molar-refractivity contribution in [3.8, 4) is 11.7 Å². The van der Waals surface area contributed by atoms with E-state index < -0.39 is 0 Å². The van der Waals surface area contributed by atoms with Crippen LogP contribution < -0.4 is 5.73 Å². The molecule has 1 unspecified atom stereocenters. The van der Waals surface area contributed by atoms with E-state index in [4.69, 9.17) is 19.4 Å². The van der Waals surface area contributed by atoms with E-state index in [9.17, 15) is 0 Å². The largest absolute Gasteiger partial charge is 0.455 e. The molecule has 3 rings (SSSR count). The van der Waals surface area contributed by atoms with E-state index in [-0.39, 0.29) is 6.10 Å². The van der Waals surface area contributed by atoms with Gasteiger partial charge in [0.15, 0.2) is 5.76 Å². The lowest BCUT2D eigenvalue weighted by Gasteiger charge is -2.10. The second-order valence-electron chi connectivity index (χ2n) is 4.64. The highest BCUT2D eigenvalue weighted by molar-refractivity contribution is 5.44.